The van der Waals surface area contributed by atoms with Gasteiger partial charge in [-0.1, -0.05) is 0 Å². The number of rotatable bonds is 5. The maximum absolute atomic E-state index is 5.75. The maximum atomic E-state index is 5.75. The van der Waals surface area contributed by atoms with Crippen molar-refractivity contribution in [3.63, 3.8) is 0 Å². The van der Waals surface area contributed by atoms with Gasteiger partial charge in [-0.2, -0.15) is 10.2 Å². The van der Waals surface area contributed by atoms with Crippen molar-refractivity contribution in [1.29, 1.82) is 0 Å². The number of H-pyrrole nitrogens is 1. The summed E-state index contributed by atoms with van der Waals surface area (Å²) in [6.07, 6.45) is 2.09. The Balaban J connectivity index is 1.61. The molecule has 148 valence electrons. The molecule has 0 spiro atoms. The first kappa shape index (κ1) is 18.6. The summed E-state index contributed by atoms with van der Waals surface area (Å²) in [7, 11) is 4.09. The van der Waals surface area contributed by atoms with E-state index in [1.54, 1.807) is 0 Å². The highest BCUT2D eigenvalue weighted by molar-refractivity contribution is 5.66. The lowest BCUT2D eigenvalue weighted by Gasteiger charge is -2.25. The molecule has 0 fully saturated rings. The van der Waals surface area contributed by atoms with Crippen molar-refractivity contribution in [3.05, 3.63) is 46.9 Å². The number of nitrogens with one attached hydrogen (secondary N) is 1. The first-order valence-corrected chi connectivity index (χ1v) is 9.58. The van der Waals surface area contributed by atoms with Gasteiger partial charge in [-0.05, 0) is 46.0 Å². The van der Waals surface area contributed by atoms with Crippen LogP contribution in [-0.2, 0) is 13.6 Å². The van der Waals surface area contributed by atoms with Crippen LogP contribution in [0.15, 0.2) is 24.4 Å². The summed E-state index contributed by atoms with van der Waals surface area (Å²) in [5.74, 6) is 1.58. The van der Waals surface area contributed by atoms with Crippen molar-refractivity contribution >= 4 is 0 Å². The maximum Gasteiger partial charge on any atom is 0.162 e. The van der Waals surface area contributed by atoms with Gasteiger partial charge in [0.05, 0.1) is 11.4 Å². The summed E-state index contributed by atoms with van der Waals surface area (Å²) in [4.78, 5) is 2.32. The molecule has 3 aromatic rings. The molecule has 0 amide bonds. The van der Waals surface area contributed by atoms with Crippen LogP contribution < -0.4 is 9.47 Å². The van der Waals surface area contributed by atoms with Gasteiger partial charge in [-0.3, -0.25) is 14.7 Å². The van der Waals surface area contributed by atoms with Gasteiger partial charge < -0.3 is 9.47 Å². The van der Waals surface area contributed by atoms with E-state index in [0.717, 1.165) is 40.7 Å². The quantitative estimate of drug-likeness (QED) is 0.734. The van der Waals surface area contributed by atoms with E-state index in [4.69, 9.17) is 14.6 Å². The molecule has 1 N–H and O–H groups in total. The fourth-order valence-electron chi connectivity index (χ4n) is 3.89. The van der Waals surface area contributed by atoms with Crippen molar-refractivity contribution in [1.82, 2.24) is 24.9 Å². The molecule has 2 aromatic heterocycles. The second-order valence-electron chi connectivity index (χ2n) is 7.47. The molecule has 0 aliphatic carbocycles. The van der Waals surface area contributed by atoms with E-state index in [1.807, 2.05) is 36.9 Å². The first-order valence-electron chi connectivity index (χ1n) is 9.58. The molecular formula is C21H27N5O2. The van der Waals surface area contributed by atoms with Crippen LogP contribution in [0.3, 0.4) is 0 Å². The highest BCUT2D eigenvalue weighted by atomic mass is 16.6. The normalized spacial score (nSPS) is 14.5. The Kier molecular flexibility index (Phi) is 4.85. The summed E-state index contributed by atoms with van der Waals surface area (Å²) < 4.78 is 13.3. The molecule has 28 heavy (non-hydrogen) atoms. The van der Waals surface area contributed by atoms with Gasteiger partial charge in [-0.15, -0.1) is 0 Å². The van der Waals surface area contributed by atoms with E-state index in [1.165, 1.54) is 11.1 Å². The molecule has 0 saturated heterocycles. The summed E-state index contributed by atoms with van der Waals surface area (Å²) in [5, 5.41) is 12.1. The Hall–Kier alpha value is -2.80. The number of nitrogens with zero attached hydrogens (tertiary/aromatic N) is 4. The van der Waals surface area contributed by atoms with E-state index in [2.05, 4.69) is 42.2 Å². The number of aryl methyl sites for hydroxylation is 3. The molecule has 0 saturated carbocycles. The SMILES string of the molecule is Cc1n[nH]c(C)c1C(C)N(C)Cc1cn(C)nc1-c1ccc2c(c1)OCCO2. The molecule has 1 atom stereocenters. The number of hydrogen-bond acceptors (Lipinski definition) is 5. The third kappa shape index (κ3) is 3.38. The van der Waals surface area contributed by atoms with Crippen LogP contribution in [0, 0.1) is 13.8 Å². The minimum atomic E-state index is 0.243. The number of ether oxygens (including phenoxy) is 2. The van der Waals surface area contributed by atoms with Crippen LogP contribution in [0.4, 0.5) is 0 Å². The topological polar surface area (TPSA) is 68.2 Å². The zero-order valence-electron chi connectivity index (χ0n) is 17.1. The van der Waals surface area contributed by atoms with Crippen molar-refractivity contribution in [3.8, 4) is 22.8 Å². The molecular weight excluding hydrogens is 354 g/mol. The third-order valence-corrected chi connectivity index (χ3v) is 5.40. The van der Waals surface area contributed by atoms with Crippen molar-refractivity contribution in [2.45, 2.75) is 33.4 Å². The Bertz CT molecular complexity index is 971. The number of aromatic nitrogens is 4. The molecule has 1 aromatic carbocycles. The van der Waals surface area contributed by atoms with E-state index in [-0.39, 0.29) is 6.04 Å². The Morgan fingerprint density at radius 3 is 2.68 bits per heavy atom. The smallest absolute Gasteiger partial charge is 0.162 e. The van der Waals surface area contributed by atoms with Crippen LogP contribution >= 0.6 is 0 Å². The molecule has 0 bridgehead atoms. The van der Waals surface area contributed by atoms with Gasteiger partial charge in [-0.25, -0.2) is 0 Å². The molecule has 1 aliphatic rings. The fourth-order valence-corrected chi connectivity index (χ4v) is 3.89. The Morgan fingerprint density at radius 1 is 1.21 bits per heavy atom. The Morgan fingerprint density at radius 2 is 1.96 bits per heavy atom. The van der Waals surface area contributed by atoms with Gasteiger partial charge in [0.15, 0.2) is 11.5 Å². The molecule has 1 unspecified atom stereocenters. The second kappa shape index (κ2) is 7.31. The van der Waals surface area contributed by atoms with Crippen LogP contribution in [-0.4, -0.2) is 45.1 Å². The van der Waals surface area contributed by atoms with E-state index in [9.17, 15) is 0 Å². The zero-order chi connectivity index (χ0) is 19.8. The van der Waals surface area contributed by atoms with Crippen LogP contribution in [0.25, 0.3) is 11.3 Å². The largest absolute Gasteiger partial charge is 0.486 e. The van der Waals surface area contributed by atoms with Gasteiger partial charge in [0, 0.05) is 48.2 Å². The summed E-state index contributed by atoms with van der Waals surface area (Å²) in [6.45, 7) is 8.29. The molecule has 4 rings (SSSR count). The predicted molar refractivity (Wildman–Crippen MR) is 108 cm³/mol. The van der Waals surface area contributed by atoms with Crippen molar-refractivity contribution < 1.29 is 9.47 Å². The molecule has 7 heteroatoms. The number of benzene rings is 1. The van der Waals surface area contributed by atoms with Crippen molar-refractivity contribution in [2.75, 3.05) is 20.3 Å². The van der Waals surface area contributed by atoms with Gasteiger partial charge in [0.25, 0.3) is 0 Å². The van der Waals surface area contributed by atoms with E-state index in [0.29, 0.717) is 13.2 Å². The monoisotopic (exact) mass is 381 g/mol. The molecule has 1 aliphatic heterocycles. The molecule has 7 nitrogen and oxygen atoms in total. The molecule has 3 heterocycles. The molecule has 0 radical (unpaired) electrons. The fraction of sp³-hybridized carbons (Fsp3) is 0.429. The number of aromatic amines is 1. The van der Waals surface area contributed by atoms with Crippen LogP contribution in [0.5, 0.6) is 11.5 Å². The first-order chi connectivity index (χ1) is 13.4. The summed E-state index contributed by atoms with van der Waals surface area (Å²) >= 11 is 0. The average Bonchev–Trinajstić information content (AvgIpc) is 3.22. The highest BCUT2D eigenvalue weighted by Gasteiger charge is 2.21. The van der Waals surface area contributed by atoms with Gasteiger partial charge in [0.2, 0.25) is 0 Å². The zero-order valence-corrected chi connectivity index (χ0v) is 17.1. The third-order valence-electron chi connectivity index (χ3n) is 5.40. The van der Waals surface area contributed by atoms with Gasteiger partial charge >= 0.3 is 0 Å². The standard InChI is InChI=1S/C21H27N5O2/c1-13-20(14(2)23-22-13)15(3)25(4)11-17-12-26(5)24-21(17)16-6-7-18-19(10-16)28-9-8-27-18/h6-7,10,12,15H,8-9,11H2,1-5H3,(H,22,23). The Labute approximate surface area is 165 Å². The van der Waals surface area contributed by atoms with Crippen LogP contribution in [0.2, 0.25) is 0 Å². The lowest BCUT2D eigenvalue weighted by molar-refractivity contribution is 0.171. The number of hydrogen-bond donors (Lipinski definition) is 1. The van der Waals surface area contributed by atoms with Crippen molar-refractivity contribution in [2.24, 2.45) is 7.05 Å². The lowest BCUT2D eigenvalue weighted by Crippen LogP contribution is -2.23. The number of fused-ring (bicyclic) bond motifs is 1. The second-order valence-corrected chi connectivity index (χ2v) is 7.47. The van der Waals surface area contributed by atoms with E-state index >= 15 is 0 Å². The minimum Gasteiger partial charge on any atom is -0.486 e. The summed E-state index contributed by atoms with van der Waals surface area (Å²) in [6, 6.07) is 6.28. The van der Waals surface area contributed by atoms with Gasteiger partial charge in [0.1, 0.15) is 13.2 Å². The average molecular weight is 381 g/mol. The predicted octanol–water partition coefficient (Wildman–Crippen LogP) is 3.39. The summed E-state index contributed by atoms with van der Waals surface area (Å²) in [5.41, 5.74) is 6.61. The highest BCUT2D eigenvalue weighted by Crippen LogP contribution is 2.35. The van der Waals surface area contributed by atoms with Crippen LogP contribution in [0.1, 0.15) is 35.5 Å². The van der Waals surface area contributed by atoms with E-state index < -0.39 is 0 Å². The lowest BCUT2D eigenvalue weighted by atomic mass is 10.0. The minimum absolute atomic E-state index is 0.243.